The van der Waals surface area contributed by atoms with Gasteiger partial charge in [-0.2, -0.15) is 0 Å². The predicted molar refractivity (Wildman–Crippen MR) is 101 cm³/mol. The van der Waals surface area contributed by atoms with Crippen molar-refractivity contribution in [3.8, 4) is 11.5 Å². The van der Waals surface area contributed by atoms with Crippen LogP contribution in [0.15, 0.2) is 50.8 Å². The van der Waals surface area contributed by atoms with Crippen LogP contribution in [0.4, 0.5) is 0 Å². The smallest absolute Gasteiger partial charge is 0.284 e. The minimum atomic E-state index is -0.311. The third-order valence-corrected chi connectivity index (χ3v) is 5.14. The molecule has 1 aliphatic heterocycles. The van der Waals surface area contributed by atoms with Crippen LogP contribution in [0.25, 0.3) is 6.08 Å². The number of halogens is 1. The molecule has 0 aromatic heterocycles. The third-order valence-electron chi connectivity index (χ3n) is 3.51. The van der Waals surface area contributed by atoms with Gasteiger partial charge in [-0.1, -0.05) is 41.6 Å². The van der Waals surface area contributed by atoms with Crippen molar-refractivity contribution in [1.82, 2.24) is 0 Å². The first-order chi connectivity index (χ1) is 11.5. The first-order valence-corrected chi connectivity index (χ1v) is 8.75. The zero-order chi connectivity index (χ0) is 17.3. The lowest BCUT2D eigenvalue weighted by molar-refractivity contribution is -0.113. The molecule has 1 heterocycles. The first kappa shape index (κ1) is 16.8. The number of phenolic OH excluding ortho intramolecular Hbond substituents is 1. The molecule has 0 spiro atoms. The lowest BCUT2D eigenvalue weighted by atomic mass is 10.1. The van der Waals surface area contributed by atoms with Crippen molar-refractivity contribution < 1.29 is 14.6 Å². The summed E-state index contributed by atoms with van der Waals surface area (Å²) < 4.78 is 5.70. The Labute approximate surface area is 152 Å². The highest BCUT2D eigenvalue weighted by Crippen LogP contribution is 2.37. The monoisotopic (exact) mass is 403 g/mol. The number of aromatic hydroxyl groups is 1. The van der Waals surface area contributed by atoms with Crippen LogP contribution in [0.1, 0.15) is 16.7 Å². The number of aryl methyl sites for hydroxylation is 1. The van der Waals surface area contributed by atoms with Crippen LogP contribution in [0.3, 0.4) is 0 Å². The lowest BCUT2D eigenvalue weighted by Gasteiger charge is -2.07. The summed E-state index contributed by atoms with van der Waals surface area (Å²) in [7, 11) is 1.55. The van der Waals surface area contributed by atoms with Crippen molar-refractivity contribution in [3.63, 3.8) is 0 Å². The zero-order valence-electron chi connectivity index (χ0n) is 13.0. The molecule has 0 fully saturated rings. The van der Waals surface area contributed by atoms with Crippen molar-refractivity contribution in [2.75, 3.05) is 7.11 Å². The molecule has 1 aliphatic rings. The Morgan fingerprint density at radius 3 is 2.62 bits per heavy atom. The fourth-order valence-corrected chi connectivity index (χ4v) is 3.56. The van der Waals surface area contributed by atoms with E-state index in [9.17, 15) is 9.90 Å². The van der Waals surface area contributed by atoms with Crippen molar-refractivity contribution in [2.45, 2.75) is 6.92 Å². The molecule has 0 radical (unpaired) electrons. The van der Waals surface area contributed by atoms with Crippen LogP contribution in [-0.4, -0.2) is 23.2 Å². The lowest BCUT2D eigenvalue weighted by Crippen LogP contribution is -1.90. The molecule has 2 aromatic carbocycles. The van der Waals surface area contributed by atoms with Crippen molar-refractivity contribution in [3.05, 3.63) is 62.5 Å². The number of thioether (sulfide) groups is 1. The van der Waals surface area contributed by atoms with Gasteiger partial charge < -0.3 is 9.84 Å². The molecule has 24 heavy (non-hydrogen) atoms. The number of aliphatic imine (C=N–C) groups is 1. The van der Waals surface area contributed by atoms with E-state index in [-0.39, 0.29) is 11.7 Å². The second kappa shape index (κ2) is 6.83. The molecule has 2 aromatic rings. The average molecular weight is 404 g/mol. The molecule has 0 saturated heterocycles. The average Bonchev–Trinajstić information content (AvgIpc) is 2.93. The fourth-order valence-electron chi connectivity index (χ4n) is 2.19. The fraction of sp³-hybridized carbons (Fsp3) is 0.111. The van der Waals surface area contributed by atoms with E-state index in [0.717, 1.165) is 11.1 Å². The second-order valence-electron chi connectivity index (χ2n) is 5.25. The van der Waals surface area contributed by atoms with Crippen LogP contribution in [0.2, 0.25) is 0 Å². The molecular weight excluding hydrogens is 390 g/mol. The maximum atomic E-state index is 12.2. The van der Waals surface area contributed by atoms with Gasteiger partial charge in [0.2, 0.25) is 0 Å². The molecule has 0 aliphatic carbocycles. The molecule has 1 amide bonds. The van der Waals surface area contributed by atoms with Crippen LogP contribution >= 0.6 is 27.7 Å². The third kappa shape index (κ3) is 3.39. The molecule has 0 saturated carbocycles. The quantitative estimate of drug-likeness (QED) is 0.764. The highest BCUT2D eigenvalue weighted by Gasteiger charge is 2.23. The van der Waals surface area contributed by atoms with Crippen LogP contribution in [-0.2, 0) is 4.79 Å². The summed E-state index contributed by atoms with van der Waals surface area (Å²) >= 11 is 4.57. The summed E-state index contributed by atoms with van der Waals surface area (Å²) in [6.45, 7) is 2.01. The highest BCUT2D eigenvalue weighted by atomic mass is 79.9. The molecule has 0 unspecified atom stereocenters. The van der Waals surface area contributed by atoms with Gasteiger partial charge in [-0.05, 0) is 41.1 Å². The Morgan fingerprint density at radius 2 is 1.96 bits per heavy atom. The van der Waals surface area contributed by atoms with Gasteiger partial charge >= 0.3 is 0 Å². The standard InChI is InChI=1S/C18H14BrNO3S/c1-10-3-5-11(6-4-10)18-20-17(22)15(24-18)8-12-7-13(23-2)9-14(19)16(12)21/h3-9,21H,1-2H3. The van der Waals surface area contributed by atoms with E-state index in [1.54, 1.807) is 25.3 Å². The summed E-state index contributed by atoms with van der Waals surface area (Å²) in [6.07, 6.45) is 1.63. The number of hydrogen-bond donors (Lipinski definition) is 1. The molecule has 122 valence electrons. The maximum absolute atomic E-state index is 12.2. The Bertz CT molecular complexity index is 873. The zero-order valence-corrected chi connectivity index (χ0v) is 15.4. The van der Waals surface area contributed by atoms with Gasteiger partial charge in [0, 0.05) is 11.1 Å². The summed E-state index contributed by atoms with van der Waals surface area (Å²) in [6, 6.07) is 11.2. The summed E-state index contributed by atoms with van der Waals surface area (Å²) in [5.74, 6) is 0.330. The number of carbonyl (C=O) groups excluding carboxylic acids is 1. The number of benzene rings is 2. The number of hydrogen-bond acceptors (Lipinski definition) is 4. The number of ether oxygens (including phenoxy) is 1. The Kier molecular flexibility index (Phi) is 4.78. The maximum Gasteiger partial charge on any atom is 0.284 e. The van der Waals surface area contributed by atoms with E-state index in [2.05, 4.69) is 20.9 Å². The summed E-state index contributed by atoms with van der Waals surface area (Å²) in [5, 5.41) is 10.8. The molecular formula is C18H14BrNO3S. The Balaban J connectivity index is 1.92. The van der Waals surface area contributed by atoms with Gasteiger partial charge in [0.15, 0.2) is 0 Å². The number of nitrogens with zero attached hydrogens (tertiary/aromatic N) is 1. The number of rotatable bonds is 3. The van der Waals surface area contributed by atoms with Gasteiger partial charge in [0.25, 0.3) is 5.91 Å². The van der Waals surface area contributed by atoms with Crippen molar-refractivity contribution >= 4 is 44.7 Å². The first-order valence-electron chi connectivity index (χ1n) is 7.14. The van der Waals surface area contributed by atoms with Crippen LogP contribution < -0.4 is 4.74 Å². The predicted octanol–water partition coefficient (Wildman–Crippen LogP) is 4.53. The summed E-state index contributed by atoms with van der Waals surface area (Å²) in [4.78, 5) is 16.7. The number of methoxy groups -OCH3 is 1. The molecule has 4 nitrogen and oxygen atoms in total. The van der Waals surface area contributed by atoms with E-state index in [1.807, 2.05) is 31.2 Å². The minimum absolute atomic E-state index is 0.0560. The van der Waals surface area contributed by atoms with Crippen LogP contribution in [0, 0.1) is 6.92 Å². The van der Waals surface area contributed by atoms with E-state index in [0.29, 0.717) is 25.7 Å². The van der Waals surface area contributed by atoms with Gasteiger partial charge in [0.1, 0.15) is 16.5 Å². The molecule has 1 N–H and O–H groups in total. The molecule has 0 atom stereocenters. The Morgan fingerprint density at radius 1 is 1.25 bits per heavy atom. The minimum Gasteiger partial charge on any atom is -0.506 e. The van der Waals surface area contributed by atoms with Crippen molar-refractivity contribution in [1.29, 1.82) is 0 Å². The van der Waals surface area contributed by atoms with E-state index < -0.39 is 0 Å². The number of amides is 1. The van der Waals surface area contributed by atoms with Gasteiger partial charge in [0.05, 0.1) is 16.5 Å². The number of phenols is 1. The topological polar surface area (TPSA) is 58.9 Å². The van der Waals surface area contributed by atoms with E-state index in [1.165, 1.54) is 11.8 Å². The molecule has 3 rings (SSSR count). The number of carbonyl (C=O) groups is 1. The molecule has 6 heteroatoms. The van der Waals surface area contributed by atoms with E-state index in [4.69, 9.17) is 4.74 Å². The largest absolute Gasteiger partial charge is 0.506 e. The van der Waals surface area contributed by atoms with Crippen molar-refractivity contribution in [2.24, 2.45) is 4.99 Å². The van der Waals surface area contributed by atoms with Gasteiger partial charge in [-0.15, -0.1) is 0 Å². The highest BCUT2D eigenvalue weighted by molar-refractivity contribution is 9.10. The summed E-state index contributed by atoms with van der Waals surface area (Å²) in [5.41, 5.74) is 2.55. The SMILES string of the molecule is COc1cc(Br)c(O)c(C=C2SC(c3ccc(C)cc3)=NC2=O)c1. The molecule has 0 bridgehead atoms. The second-order valence-corrected chi connectivity index (χ2v) is 7.13. The normalized spacial score (nSPS) is 15.7. The Hall–Kier alpha value is -2.05. The van der Waals surface area contributed by atoms with Gasteiger partial charge in [-0.3, -0.25) is 4.79 Å². The van der Waals surface area contributed by atoms with E-state index >= 15 is 0 Å². The van der Waals surface area contributed by atoms with Crippen LogP contribution in [0.5, 0.6) is 11.5 Å². The van der Waals surface area contributed by atoms with Gasteiger partial charge in [-0.25, -0.2) is 4.99 Å².